The summed E-state index contributed by atoms with van der Waals surface area (Å²) in [4.78, 5) is 15.2. The van der Waals surface area contributed by atoms with Crippen molar-refractivity contribution in [2.24, 2.45) is 0 Å². The van der Waals surface area contributed by atoms with E-state index >= 15 is 0 Å². The van der Waals surface area contributed by atoms with Crippen LogP contribution in [0.1, 0.15) is 16.8 Å². The molecule has 6 nitrogen and oxygen atoms in total. The van der Waals surface area contributed by atoms with Gasteiger partial charge in [-0.1, -0.05) is 47.7 Å². The van der Waals surface area contributed by atoms with Crippen LogP contribution in [0, 0.1) is 0 Å². The molecule has 0 aliphatic carbocycles. The third-order valence-corrected chi connectivity index (χ3v) is 6.03. The molecule has 0 aliphatic rings. The first-order chi connectivity index (χ1) is 17.3. The Hall–Kier alpha value is -4.66. The molecule has 9 heteroatoms. The van der Waals surface area contributed by atoms with Crippen LogP contribution in [0.5, 0.6) is 0 Å². The number of alkyl halides is 3. The van der Waals surface area contributed by atoms with Gasteiger partial charge in [0.15, 0.2) is 5.58 Å². The van der Waals surface area contributed by atoms with Crippen molar-refractivity contribution in [3.63, 3.8) is 0 Å². The van der Waals surface area contributed by atoms with E-state index in [4.69, 9.17) is 4.42 Å². The number of H-pyrrole nitrogens is 1. The third-order valence-electron chi connectivity index (χ3n) is 6.03. The van der Waals surface area contributed by atoms with E-state index in [0.717, 1.165) is 45.2 Å². The monoisotopic (exact) mass is 486 g/mol. The van der Waals surface area contributed by atoms with Crippen LogP contribution >= 0.6 is 0 Å². The maximum Gasteiger partial charge on any atom is 0.416 e. The highest BCUT2D eigenvalue weighted by atomic mass is 19.4. The van der Waals surface area contributed by atoms with Crippen LogP contribution < -0.4 is 5.63 Å². The van der Waals surface area contributed by atoms with Crippen LogP contribution in [0.15, 0.2) is 94.3 Å². The smallest absolute Gasteiger partial charge is 0.416 e. The molecule has 178 valence electrons. The average Bonchev–Trinajstić information content (AvgIpc) is 3.50. The normalized spacial score (nSPS) is 12.0. The molecule has 0 amide bonds. The molecule has 6 rings (SSSR count). The van der Waals surface area contributed by atoms with E-state index in [-0.39, 0.29) is 0 Å². The van der Waals surface area contributed by atoms with Crippen molar-refractivity contribution < 1.29 is 17.6 Å². The number of halogens is 3. The standard InChI is InChI=1S/C27H17F3N4O2/c28-27(29,30)19-10-7-16(8-11-19)13-20-14-18-4-1-5-21(25(18)31-20)22-15-34(33-32-22)23-6-2-3-17-9-12-24(35)36-26(17)23/h1-12,14-15,31H,13H2. The van der Waals surface area contributed by atoms with Crippen molar-refractivity contribution in [3.8, 4) is 16.9 Å². The first kappa shape index (κ1) is 21.8. The van der Waals surface area contributed by atoms with Gasteiger partial charge in [-0.3, -0.25) is 0 Å². The molecule has 3 heterocycles. The summed E-state index contributed by atoms with van der Waals surface area (Å²) in [7, 11) is 0. The lowest BCUT2D eigenvalue weighted by Crippen LogP contribution is -2.04. The molecular formula is C27H17F3N4O2. The Morgan fingerprint density at radius 3 is 2.50 bits per heavy atom. The number of benzene rings is 3. The molecule has 0 spiro atoms. The summed E-state index contributed by atoms with van der Waals surface area (Å²) in [5, 5.41) is 10.3. The zero-order valence-corrected chi connectivity index (χ0v) is 18.6. The molecule has 3 aromatic heterocycles. The molecular weight excluding hydrogens is 469 g/mol. The summed E-state index contributed by atoms with van der Waals surface area (Å²) >= 11 is 0. The van der Waals surface area contributed by atoms with Crippen LogP contribution in [0.3, 0.4) is 0 Å². The largest absolute Gasteiger partial charge is 0.420 e. The Morgan fingerprint density at radius 1 is 0.917 bits per heavy atom. The summed E-state index contributed by atoms with van der Waals surface area (Å²) in [5.74, 6) is 0. The van der Waals surface area contributed by atoms with E-state index in [9.17, 15) is 18.0 Å². The molecule has 0 radical (unpaired) electrons. The number of nitrogens with zero attached hydrogens (tertiary/aromatic N) is 3. The number of aromatic amines is 1. The number of hydrogen-bond acceptors (Lipinski definition) is 4. The van der Waals surface area contributed by atoms with Gasteiger partial charge in [-0.2, -0.15) is 13.2 Å². The molecule has 36 heavy (non-hydrogen) atoms. The molecule has 0 fully saturated rings. The maximum absolute atomic E-state index is 12.9. The molecule has 6 aromatic rings. The van der Waals surface area contributed by atoms with E-state index in [1.165, 1.54) is 18.2 Å². The van der Waals surface area contributed by atoms with Crippen LogP contribution in [-0.4, -0.2) is 20.0 Å². The van der Waals surface area contributed by atoms with Crippen molar-refractivity contribution in [1.82, 2.24) is 20.0 Å². The second kappa shape index (κ2) is 8.23. The summed E-state index contributed by atoms with van der Waals surface area (Å²) in [6.07, 6.45) is -2.15. The highest BCUT2D eigenvalue weighted by Crippen LogP contribution is 2.31. The number of nitrogens with one attached hydrogen (secondary N) is 1. The predicted octanol–water partition coefficient (Wildman–Crippen LogP) is 6.13. The Balaban J connectivity index is 1.35. The van der Waals surface area contributed by atoms with Gasteiger partial charge in [-0.25, -0.2) is 9.48 Å². The molecule has 1 N–H and O–H groups in total. The molecule has 0 bridgehead atoms. The Bertz CT molecular complexity index is 1780. The van der Waals surface area contributed by atoms with Crippen LogP contribution in [0.2, 0.25) is 0 Å². The topological polar surface area (TPSA) is 76.7 Å². The minimum atomic E-state index is -4.36. The summed E-state index contributed by atoms with van der Waals surface area (Å²) in [6.45, 7) is 0. The summed E-state index contributed by atoms with van der Waals surface area (Å²) in [6, 6.07) is 21.5. The zero-order chi connectivity index (χ0) is 24.9. The molecule has 3 aromatic carbocycles. The number of aromatic nitrogens is 4. The lowest BCUT2D eigenvalue weighted by molar-refractivity contribution is -0.137. The molecule has 0 atom stereocenters. The van der Waals surface area contributed by atoms with E-state index in [0.29, 0.717) is 23.4 Å². The second-order valence-corrected chi connectivity index (χ2v) is 8.43. The maximum atomic E-state index is 12.9. The zero-order valence-electron chi connectivity index (χ0n) is 18.6. The SMILES string of the molecule is O=c1ccc2cccc(-n3cc(-c4cccc5cc(Cc6ccc(C(F)(F)F)cc6)[nH]c45)nn3)c2o1. The van der Waals surface area contributed by atoms with E-state index in [1.54, 1.807) is 23.0 Å². The van der Waals surface area contributed by atoms with Gasteiger partial charge in [0.1, 0.15) is 11.4 Å². The van der Waals surface area contributed by atoms with E-state index in [2.05, 4.69) is 15.3 Å². The predicted molar refractivity (Wildman–Crippen MR) is 129 cm³/mol. The highest BCUT2D eigenvalue weighted by Gasteiger charge is 2.29. The first-order valence-corrected chi connectivity index (χ1v) is 11.1. The second-order valence-electron chi connectivity index (χ2n) is 8.43. The number of para-hydroxylation sites is 2. The molecule has 0 aliphatic heterocycles. The summed E-state index contributed by atoms with van der Waals surface area (Å²) in [5.41, 5.74) is 3.78. The number of fused-ring (bicyclic) bond motifs is 2. The van der Waals surface area contributed by atoms with Gasteiger partial charge >= 0.3 is 11.8 Å². The Morgan fingerprint density at radius 2 is 1.69 bits per heavy atom. The fraction of sp³-hybridized carbons (Fsp3) is 0.0741. The first-order valence-electron chi connectivity index (χ1n) is 11.1. The van der Waals surface area contributed by atoms with Gasteiger partial charge < -0.3 is 9.40 Å². The fourth-order valence-electron chi connectivity index (χ4n) is 4.32. The Kier molecular flexibility index (Phi) is 4.99. The van der Waals surface area contributed by atoms with Crippen molar-refractivity contribution in [2.75, 3.05) is 0 Å². The summed E-state index contributed by atoms with van der Waals surface area (Å²) < 4.78 is 45.5. The van der Waals surface area contributed by atoms with Gasteiger partial charge in [0.2, 0.25) is 0 Å². The van der Waals surface area contributed by atoms with Crippen molar-refractivity contribution in [3.05, 3.63) is 112 Å². The highest BCUT2D eigenvalue weighted by molar-refractivity contribution is 5.94. The lowest BCUT2D eigenvalue weighted by atomic mass is 10.1. The van der Waals surface area contributed by atoms with Crippen LogP contribution in [-0.2, 0) is 12.6 Å². The van der Waals surface area contributed by atoms with Gasteiger partial charge in [-0.05, 0) is 35.9 Å². The number of hydrogen-bond donors (Lipinski definition) is 1. The Labute approximate surface area is 201 Å². The van der Waals surface area contributed by atoms with Crippen LogP contribution in [0.4, 0.5) is 13.2 Å². The van der Waals surface area contributed by atoms with Crippen LogP contribution in [0.25, 0.3) is 38.8 Å². The average molecular weight is 486 g/mol. The van der Waals surface area contributed by atoms with Gasteiger partial charge in [0.05, 0.1) is 17.3 Å². The van der Waals surface area contributed by atoms with Gasteiger partial charge in [0, 0.05) is 34.5 Å². The quantitative estimate of drug-likeness (QED) is 0.304. The third kappa shape index (κ3) is 3.94. The van der Waals surface area contributed by atoms with Crippen molar-refractivity contribution in [1.29, 1.82) is 0 Å². The van der Waals surface area contributed by atoms with Crippen molar-refractivity contribution >= 4 is 21.9 Å². The molecule has 0 saturated heterocycles. The van der Waals surface area contributed by atoms with Gasteiger partial charge in [-0.15, -0.1) is 5.10 Å². The molecule has 0 saturated carbocycles. The fourth-order valence-corrected chi connectivity index (χ4v) is 4.32. The minimum absolute atomic E-state index is 0.415. The van der Waals surface area contributed by atoms with Gasteiger partial charge in [0.25, 0.3) is 0 Å². The van der Waals surface area contributed by atoms with E-state index in [1.807, 2.05) is 36.4 Å². The van der Waals surface area contributed by atoms with E-state index < -0.39 is 17.4 Å². The minimum Gasteiger partial charge on any atom is -0.420 e. The lowest BCUT2D eigenvalue weighted by Gasteiger charge is -2.07. The van der Waals surface area contributed by atoms with Crippen molar-refractivity contribution in [2.45, 2.75) is 12.6 Å². The number of rotatable bonds is 4. The molecule has 0 unspecified atom stereocenters.